The zero-order valence-electron chi connectivity index (χ0n) is 33.4. The van der Waals surface area contributed by atoms with E-state index in [1.165, 1.54) is 20.0 Å². The smallest absolute Gasteiger partial charge is 0.407 e. The van der Waals surface area contributed by atoms with E-state index in [0.717, 1.165) is 88.7 Å². The molecule has 12 nitrogen and oxygen atoms in total. The summed E-state index contributed by atoms with van der Waals surface area (Å²) in [7, 11) is 1.30. The lowest BCUT2D eigenvalue weighted by Crippen LogP contribution is -2.51. The first kappa shape index (κ1) is 37.8. The molecule has 58 heavy (non-hydrogen) atoms. The van der Waals surface area contributed by atoms with Crippen LogP contribution in [0, 0.1) is 23.7 Å². The van der Waals surface area contributed by atoms with Gasteiger partial charge in [0, 0.05) is 36.8 Å². The molecule has 4 heterocycles. The molecule has 1 aliphatic heterocycles. The van der Waals surface area contributed by atoms with Crippen LogP contribution in [0.15, 0.2) is 79.3 Å². The van der Waals surface area contributed by atoms with E-state index in [1.807, 2.05) is 43.4 Å². The molecule has 3 aromatic heterocycles. The Kier molecular flexibility index (Phi) is 10.3. The van der Waals surface area contributed by atoms with Gasteiger partial charge in [-0.3, -0.25) is 14.6 Å². The van der Waals surface area contributed by atoms with Crippen LogP contribution < -0.4 is 10.6 Å². The minimum atomic E-state index is -0.676. The van der Waals surface area contributed by atoms with E-state index in [1.54, 1.807) is 0 Å². The van der Waals surface area contributed by atoms with Crippen molar-refractivity contribution in [1.29, 1.82) is 0 Å². The Morgan fingerprint density at radius 2 is 1.45 bits per heavy atom. The Balaban J connectivity index is 0.846. The lowest BCUT2D eigenvalue weighted by Gasteiger charge is -2.30. The summed E-state index contributed by atoms with van der Waals surface area (Å²) in [5.41, 5.74) is 8.37. The zero-order valence-corrected chi connectivity index (χ0v) is 33.4. The van der Waals surface area contributed by atoms with Gasteiger partial charge >= 0.3 is 6.09 Å². The molecule has 2 bridgehead atoms. The van der Waals surface area contributed by atoms with E-state index in [0.29, 0.717) is 30.8 Å². The highest BCUT2D eigenvalue weighted by molar-refractivity contribution is 5.86. The van der Waals surface area contributed by atoms with Crippen LogP contribution in [0.2, 0.25) is 0 Å². The van der Waals surface area contributed by atoms with E-state index in [4.69, 9.17) is 14.7 Å². The Hall–Kier alpha value is -5.78. The molecule has 4 fully saturated rings. The van der Waals surface area contributed by atoms with Crippen molar-refractivity contribution in [1.82, 2.24) is 40.5 Å². The fraction of sp³-hybridized carbons (Fsp3) is 0.435. The number of aromatic nitrogens is 5. The maximum Gasteiger partial charge on any atom is 0.407 e. The van der Waals surface area contributed by atoms with Crippen molar-refractivity contribution in [3.63, 3.8) is 0 Å². The fourth-order valence-electron chi connectivity index (χ4n) is 9.87. The topological polar surface area (TPSA) is 158 Å². The van der Waals surface area contributed by atoms with E-state index in [9.17, 15) is 14.4 Å². The molecule has 3 unspecified atom stereocenters. The predicted molar refractivity (Wildman–Crippen MR) is 220 cm³/mol. The normalized spacial score (nSPS) is 23.0. The number of fused-ring (bicyclic) bond motifs is 2. The van der Waals surface area contributed by atoms with E-state index in [2.05, 4.69) is 80.2 Å². The summed E-state index contributed by atoms with van der Waals surface area (Å²) in [5.74, 6) is 3.02. The fourth-order valence-corrected chi connectivity index (χ4v) is 9.87. The number of imidazole rings is 2. The van der Waals surface area contributed by atoms with Crippen LogP contribution in [-0.2, 0) is 20.9 Å². The minimum Gasteiger partial charge on any atom is -0.453 e. The van der Waals surface area contributed by atoms with E-state index >= 15 is 0 Å². The van der Waals surface area contributed by atoms with E-state index < -0.39 is 12.1 Å². The van der Waals surface area contributed by atoms with Gasteiger partial charge in [-0.05, 0) is 96.6 Å². The Morgan fingerprint density at radius 3 is 2.10 bits per heavy atom. The van der Waals surface area contributed by atoms with Crippen LogP contribution in [-0.4, -0.2) is 67.4 Å². The van der Waals surface area contributed by atoms with Crippen molar-refractivity contribution >= 4 is 17.9 Å². The lowest BCUT2D eigenvalue weighted by molar-refractivity contribution is -0.135. The van der Waals surface area contributed by atoms with Crippen LogP contribution in [0.25, 0.3) is 33.6 Å². The average Bonchev–Trinajstić information content (AvgIpc) is 3.82. The molecule has 6 atom stereocenters. The van der Waals surface area contributed by atoms with Crippen LogP contribution in [0.1, 0.15) is 99.6 Å². The molecule has 0 radical (unpaired) electrons. The van der Waals surface area contributed by atoms with Crippen molar-refractivity contribution in [2.24, 2.45) is 23.7 Å². The van der Waals surface area contributed by atoms with Gasteiger partial charge in [-0.2, -0.15) is 0 Å². The number of ether oxygens (including phenoxy) is 1. The number of hydrogen-bond acceptors (Lipinski definition) is 7. The van der Waals surface area contributed by atoms with Gasteiger partial charge in [0.25, 0.3) is 0 Å². The van der Waals surface area contributed by atoms with Crippen LogP contribution in [0.5, 0.6) is 0 Å². The van der Waals surface area contributed by atoms with Gasteiger partial charge < -0.3 is 30.2 Å². The van der Waals surface area contributed by atoms with Gasteiger partial charge in [-0.15, -0.1) is 0 Å². The number of rotatable bonds is 12. The molecule has 3 saturated carbocycles. The summed E-state index contributed by atoms with van der Waals surface area (Å²) in [6.45, 7) is 4.96. The van der Waals surface area contributed by atoms with Crippen molar-refractivity contribution in [2.45, 2.75) is 89.3 Å². The zero-order chi connectivity index (χ0) is 39.9. The Morgan fingerprint density at radius 1 is 0.810 bits per heavy atom. The SMILES string of the molecule is COC(=O)N[C@H](C(=O)N1CCC[C@H]1c1ncc(-c2ccc(-c3ccc(-c4cnc([C@@H]5C6CCC(C6)C5C(=O)NCc5cccnc5C5CC5)[nH]4)cc3)cc2)[nH]1)C(C)C. The molecule has 9 rings (SSSR count). The third kappa shape index (κ3) is 7.40. The van der Waals surface area contributed by atoms with Crippen molar-refractivity contribution in [3.05, 3.63) is 102 Å². The second kappa shape index (κ2) is 15.9. The van der Waals surface area contributed by atoms with Crippen LogP contribution in [0.3, 0.4) is 0 Å². The molecule has 3 aliphatic carbocycles. The number of alkyl carbamates (subject to hydrolysis) is 1. The molecular weight excluding hydrogens is 729 g/mol. The first-order valence-corrected chi connectivity index (χ1v) is 20.9. The second-order valence-electron chi connectivity index (χ2n) is 17.0. The molecule has 12 heteroatoms. The van der Waals surface area contributed by atoms with Gasteiger partial charge in [-0.1, -0.05) is 68.4 Å². The number of amides is 3. The highest BCUT2D eigenvalue weighted by Gasteiger charge is 2.52. The molecule has 1 saturated heterocycles. The number of nitrogens with zero attached hydrogens (tertiary/aromatic N) is 4. The number of benzene rings is 2. The maximum atomic E-state index is 13.8. The number of likely N-dealkylation sites (tertiary alicyclic amines) is 1. The van der Waals surface area contributed by atoms with Gasteiger partial charge in [0.2, 0.25) is 11.8 Å². The molecule has 4 N–H and O–H groups in total. The number of nitrogens with one attached hydrogen (secondary N) is 4. The summed E-state index contributed by atoms with van der Waals surface area (Å²) < 4.78 is 4.77. The molecule has 0 spiro atoms. The van der Waals surface area contributed by atoms with Crippen LogP contribution in [0.4, 0.5) is 4.79 Å². The number of aromatic amines is 2. The Labute approximate surface area is 339 Å². The standard InChI is InChI=1S/C46H52N8O4/c1-26(2)40(53-46(57)58-3)45(56)54-21-5-7-37(54)42-48-24-35(51-42)29-12-8-27(9-13-29)28-10-14-30(15-11-28)36-25-49-43(52-36)38-32-18-19-33(22-32)39(38)44(55)50-23-34-6-4-20-47-41(34)31-16-17-31/h4,6,8-15,20,24-26,31-33,37-40H,5,7,16-19,21-23H2,1-3H3,(H,48,51)(H,49,52)(H,50,55)(H,53,57)/t32?,33?,37-,38+,39?,40-/m0/s1. The third-order valence-corrected chi connectivity index (χ3v) is 13.0. The predicted octanol–water partition coefficient (Wildman–Crippen LogP) is 7.90. The summed E-state index contributed by atoms with van der Waals surface area (Å²) in [6.07, 6.45) is 12.4. The van der Waals surface area contributed by atoms with Gasteiger partial charge in [0.05, 0.1) is 42.9 Å². The van der Waals surface area contributed by atoms with Gasteiger partial charge in [0.15, 0.2) is 0 Å². The van der Waals surface area contributed by atoms with Crippen molar-refractivity contribution in [3.8, 4) is 33.6 Å². The summed E-state index contributed by atoms with van der Waals surface area (Å²) in [6, 6.07) is 20.1. The number of H-pyrrole nitrogens is 2. The monoisotopic (exact) mass is 780 g/mol. The van der Waals surface area contributed by atoms with Gasteiger partial charge in [0.1, 0.15) is 17.7 Å². The first-order chi connectivity index (χ1) is 28.2. The molecule has 3 amide bonds. The highest BCUT2D eigenvalue weighted by Crippen LogP contribution is 2.56. The number of pyridine rings is 1. The van der Waals surface area contributed by atoms with Gasteiger partial charge in [-0.25, -0.2) is 14.8 Å². The van der Waals surface area contributed by atoms with Crippen molar-refractivity contribution in [2.75, 3.05) is 13.7 Å². The molecule has 300 valence electrons. The molecule has 5 aromatic rings. The minimum absolute atomic E-state index is 0.0709. The average molecular weight is 781 g/mol. The second-order valence-corrected chi connectivity index (χ2v) is 17.0. The summed E-state index contributed by atoms with van der Waals surface area (Å²) in [4.78, 5) is 62.5. The van der Waals surface area contributed by atoms with E-state index in [-0.39, 0.29) is 35.6 Å². The summed E-state index contributed by atoms with van der Waals surface area (Å²) >= 11 is 0. The highest BCUT2D eigenvalue weighted by atomic mass is 16.5. The molecular formula is C46H52N8O4. The quantitative estimate of drug-likeness (QED) is 0.100. The largest absolute Gasteiger partial charge is 0.453 e. The molecule has 2 aromatic carbocycles. The number of hydrogen-bond donors (Lipinski definition) is 4. The Bertz CT molecular complexity index is 2280. The van der Waals surface area contributed by atoms with Crippen LogP contribution >= 0.6 is 0 Å². The number of carbonyl (C=O) groups excluding carboxylic acids is 3. The molecule has 4 aliphatic rings. The number of carbonyl (C=O) groups is 3. The van der Waals surface area contributed by atoms with Crippen molar-refractivity contribution < 1.29 is 19.1 Å². The maximum absolute atomic E-state index is 13.8. The third-order valence-electron chi connectivity index (χ3n) is 13.0. The number of methoxy groups -OCH3 is 1. The lowest BCUT2D eigenvalue weighted by atomic mass is 9.78. The first-order valence-electron chi connectivity index (χ1n) is 20.9. The summed E-state index contributed by atoms with van der Waals surface area (Å²) in [5, 5.41) is 6.01.